The lowest BCUT2D eigenvalue weighted by Crippen LogP contribution is -2.38. The Morgan fingerprint density at radius 1 is 1.29 bits per heavy atom. The summed E-state index contributed by atoms with van der Waals surface area (Å²) in [6.07, 6.45) is 0.971. The van der Waals surface area contributed by atoms with Gasteiger partial charge in [0.25, 0.3) is 0 Å². The molecule has 1 aromatic heterocycles. The van der Waals surface area contributed by atoms with Gasteiger partial charge in [0, 0.05) is 17.5 Å². The molecule has 0 radical (unpaired) electrons. The van der Waals surface area contributed by atoms with E-state index in [0.717, 1.165) is 16.8 Å². The summed E-state index contributed by atoms with van der Waals surface area (Å²) >= 11 is 5.33. The second-order valence-corrected chi connectivity index (χ2v) is 8.06. The normalized spacial score (nSPS) is 14.4. The van der Waals surface area contributed by atoms with Gasteiger partial charge in [0.2, 0.25) is 0 Å². The zero-order valence-electron chi connectivity index (χ0n) is 12.8. The third-order valence-electron chi connectivity index (χ3n) is 3.75. The molecule has 2 atom stereocenters. The van der Waals surface area contributed by atoms with Gasteiger partial charge in [0.15, 0.2) is 0 Å². The minimum absolute atomic E-state index is 0.144. The van der Waals surface area contributed by atoms with Crippen LogP contribution in [-0.2, 0) is 6.54 Å². The van der Waals surface area contributed by atoms with E-state index in [4.69, 9.17) is 5.73 Å². The highest BCUT2D eigenvalue weighted by atomic mass is 79.9. The van der Waals surface area contributed by atoms with Crippen LogP contribution in [0.5, 0.6) is 0 Å². The van der Waals surface area contributed by atoms with Gasteiger partial charge in [0.05, 0.1) is 9.83 Å². The van der Waals surface area contributed by atoms with Crippen LogP contribution in [0.1, 0.15) is 35.4 Å². The van der Waals surface area contributed by atoms with Gasteiger partial charge >= 0.3 is 0 Å². The van der Waals surface area contributed by atoms with Crippen molar-refractivity contribution in [2.24, 2.45) is 5.73 Å². The smallest absolute Gasteiger partial charge is 0.0702 e. The van der Waals surface area contributed by atoms with Gasteiger partial charge in [-0.15, -0.1) is 11.3 Å². The molecule has 2 nitrogen and oxygen atoms in total. The number of halogens is 1. The van der Waals surface area contributed by atoms with Crippen molar-refractivity contribution in [3.63, 3.8) is 0 Å². The Kier molecular flexibility index (Phi) is 5.99. The van der Waals surface area contributed by atoms with E-state index in [-0.39, 0.29) is 12.1 Å². The fourth-order valence-electron chi connectivity index (χ4n) is 2.66. The fraction of sp³-hybridized carbons (Fsp3) is 0.412. The van der Waals surface area contributed by atoms with Crippen LogP contribution >= 0.6 is 27.3 Å². The van der Waals surface area contributed by atoms with Crippen LogP contribution in [0, 0.1) is 6.92 Å². The van der Waals surface area contributed by atoms with Gasteiger partial charge in [-0.05, 0) is 54.0 Å². The number of benzene rings is 1. The van der Waals surface area contributed by atoms with Gasteiger partial charge < -0.3 is 5.73 Å². The number of aryl methyl sites for hydroxylation is 1. The van der Waals surface area contributed by atoms with Crippen molar-refractivity contribution < 1.29 is 0 Å². The monoisotopic (exact) mass is 366 g/mol. The molecule has 2 rings (SSSR count). The van der Waals surface area contributed by atoms with Crippen molar-refractivity contribution in [3.05, 3.63) is 56.2 Å². The van der Waals surface area contributed by atoms with Gasteiger partial charge in [-0.2, -0.15) is 0 Å². The lowest BCUT2D eigenvalue weighted by atomic mass is 10.0. The summed E-state index contributed by atoms with van der Waals surface area (Å²) in [7, 11) is 2.16. The molecule has 2 aromatic rings. The molecule has 1 aromatic carbocycles. The number of nitrogens with two attached hydrogens (primary N) is 1. The Labute approximate surface area is 140 Å². The molecule has 0 spiro atoms. The van der Waals surface area contributed by atoms with Crippen LogP contribution in [0.15, 0.2) is 40.2 Å². The van der Waals surface area contributed by atoms with Crippen molar-refractivity contribution in [1.29, 1.82) is 0 Å². The minimum Gasteiger partial charge on any atom is -0.326 e. The summed E-state index contributed by atoms with van der Waals surface area (Å²) in [5.41, 5.74) is 9.03. The lowest BCUT2D eigenvalue weighted by molar-refractivity contribution is 0.205. The van der Waals surface area contributed by atoms with Gasteiger partial charge in [-0.25, -0.2) is 0 Å². The van der Waals surface area contributed by atoms with Crippen molar-refractivity contribution in [1.82, 2.24) is 4.90 Å². The van der Waals surface area contributed by atoms with Crippen molar-refractivity contribution in [2.45, 2.75) is 38.9 Å². The first-order valence-electron chi connectivity index (χ1n) is 7.28. The molecule has 0 saturated carbocycles. The first kappa shape index (κ1) is 16.7. The molecule has 1 heterocycles. The highest BCUT2D eigenvalue weighted by molar-refractivity contribution is 9.11. The third kappa shape index (κ3) is 4.39. The van der Waals surface area contributed by atoms with Crippen molar-refractivity contribution in [3.8, 4) is 0 Å². The summed E-state index contributed by atoms with van der Waals surface area (Å²) in [4.78, 5) is 3.69. The first-order chi connectivity index (χ1) is 10.0. The van der Waals surface area contributed by atoms with Crippen LogP contribution < -0.4 is 5.73 Å². The minimum atomic E-state index is 0.144. The molecule has 114 valence electrons. The fourth-order valence-corrected chi connectivity index (χ4v) is 4.33. The average molecular weight is 367 g/mol. The third-order valence-corrected chi connectivity index (χ3v) is 5.45. The molecule has 21 heavy (non-hydrogen) atoms. The molecule has 4 heteroatoms. The van der Waals surface area contributed by atoms with E-state index in [1.807, 2.05) is 0 Å². The quantitative estimate of drug-likeness (QED) is 0.800. The number of rotatable bonds is 6. The van der Waals surface area contributed by atoms with Crippen molar-refractivity contribution >= 4 is 27.3 Å². The highest BCUT2D eigenvalue weighted by Gasteiger charge is 2.24. The molecule has 0 amide bonds. The Morgan fingerprint density at radius 2 is 2.05 bits per heavy atom. The molecule has 0 fully saturated rings. The second kappa shape index (κ2) is 7.54. The number of likely N-dealkylation sites (N-methyl/N-ethyl adjacent to an activating group) is 1. The van der Waals surface area contributed by atoms with Crippen molar-refractivity contribution in [2.75, 3.05) is 7.05 Å². The largest absolute Gasteiger partial charge is 0.326 e. The topological polar surface area (TPSA) is 29.3 Å². The molecule has 0 aliphatic rings. The summed E-state index contributed by atoms with van der Waals surface area (Å²) in [5, 5.41) is 0. The first-order valence-corrected chi connectivity index (χ1v) is 8.88. The molecular formula is C17H23BrN2S. The Bertz CT molecular complexity index is 582. The van der Waals surface area contributed by atoms with E-state index < -0.39 is 0 Å². The maximum atomic E-state index is 6.39. The Balaban J connectivity index is 2.20. The summed E-state index contributed by atoms with van der Waals surface area (Å²) in [6, 6.07) is 13.4. The summed E-state index contributed by atoms with van der Waals surface area (Å²) in [5.74, 6) is 0. The van der Waals surface area contributed by atoms with Crippen LogP contribution in [0.3, 0.4) is 0 Å². The highest BCUT2D eigenvalue weighted by Crippen LogP contribution is 2.33. The van der Waals surface area contributed by atoms with Gasteiger partial charge in [0.1, 0.15) is 0 Å². The molecule has 2 unspecified atom stereocenters. The van der Waals surface area contributed by atoms with E-state index >= 15 is 0 Å². The number of thiophene rings is 1. The van der Waals surface area contributed by atoms with E-state index in [1.165, 1.54) is 16.0 Å². The predicted molar refractivity (Wildman–Crippen MR) is 95.7 cm³/mol. The lowest BCUT2D eigenvalue weighted by Gasteiger charge is -2.31. The average Bonchev–Trinajstić information content (AvgIpc) is 2.85. The Morgan fingerprint density at radius 3 is 2.62 bits per heavy atom. The standard InChI is InChI=1S/C17H23BrN2S/c1-4-14(19)17(15-8-9-16(18)21-15)20(3)11-13-7-5-6-12(2)10-13/h5-10,14,17H,4,11,19H2,1-3H3. The molecule has 0 bridgehead atoms. The summed E-state index contributed by atoms with van der Waals surface area (Å²) < 4.78 is 1.16. The molecule has 2 N–H and O–H groups in total. The number of hydrogen-bond donors (Lipinski definition) is 1. The molecule has 0 aliphatic heterocycles. The maximum absolute atomic E-state index is 6.39. The number of nitrogens with zero attached hydrogens (tertiary/aromatic N) is 1. The molecule has 0 aliphatic carbocycles. The van der Waals surface area contributed by atoms with Crippen LogP contribution in [0.25, 0.3) is 0 Å². The van der Waals surface area contributed by atoms with Gasteiger partial charge in [-0.1, -0.05) is 36.8 Å². The zero-order valence-corrected chi connectivity index (χ0v) is 15.2. The molecular weight excluding hydrogens is 344 g/mol. The van der Waals surface area contributed by atoms with Crippen LogP contribution in [-0.4, -0.2) is 18.0 Å². The van der Waals surface area contributed by atoms with E-state index in [2.05, 4.69) is 78.1 Å². The SMILES string of the molecule is CCC(N)C(c1ccc(Br)s1)N(C)Cc1cccc(C)c1. The van der Waals surface area contributed by atoms with Crippen LogP contribution in [0.2, 0.25) is 0 Å². The van der Waals surface area contributed by atoms with E-state index in [1.54, 1.807) is 11.3 Å². The number of hydrogen-bond acceptors (Lipinski definition) is 3. The van der Waals surface area contributed by atoms with Gasteiger partial charge in [-0.3, -0.25) is 4.90 Å². The Hall–Kier alpha value is -0.680. The second-order valence-electron chi connectivity index (χ2n) is 5.56. The van der Waals surface area contributed by atoms with Crippen LogP contribution in [0.4, 0.5) is 0 Å². The zero-order chi connectivity index (χ0) is 15.4. The summed E-state index contributed by atoms with van der Waals surface area (Å²) in [6.45, 7) is 5.20. The molecule has 0 saturated heterocycles. The predicted octanol–water partition coefficient (Wildman–Crippen LogP) is 4.73. The van der Waals surface area contributed by atoms with E-state index in [0.29, 0.717) is 0 Å². The maximum Gasteiger partial charge on any atom is 0.0702 e. The van der Waals surface area contributed by atoms with E-state index in [9.17, 15) is 0 Å².